The van der Waals surface area contributed by atoms with Gasteiger partial charge in [-0.05, 0) is 45.2 Å². The summed E-state index contributed by atoms with van der Waals surface area (Å²) in [6.45, 7) is 4.37. The number of urea groups is 1. The quantitative estimate of drug-likeness (QED) is 0.781. The number of benzene rings is 1. The predicted octanol–water partition coefficient (Wildman–Crippen LogP) is 2.00. The van der Waals surface area contributed by atoms with Crippen molar-refractivity contribution in [2.75, 3.05) is 11.4 Å². The van der Waals surface area contributed by atoms with E-state index >= 15 is 0 Å². The van der Waals surface area contributed by atoms with E-state index in [9.17, 15) is 14.4 Å². The zero-order valence-electron chi connectivity index (χ0n) is 13.9. The van der Waals surface area contributed by atoms with Crippen LogP contribution in [0.15, 0.2) is 30.3 Å². The number of carbonyl (C=O) groups is 3. The molecule has 0 spiro atoms. The Labute approximate surface area is 141 Å². The second kappa shape index (κ2) is 5.06. The van der Waals surface area contributed by atoms with Crippen molar-refractivity contribution in [2.45, 2.75) is 50.7 Å². The van der Waals surface area contributed by atoms with Crippen molar-refractivity contribution >= 4 is 23.5 Å². The lowest BCUT2D eigenvalue weighted by Gasteiger charge is -2.23. The molecule has 6 heteroatoms. The second-order valence-electron chi connectivity index (χ2n) is 7.13. The largest absolute Gasteiger partial charge is 0.328 e. The van der Waals surface area contributed by atoms with E-state index in [1.165, 1.54) is 4.90 Å². The Hall–Kier alpha value is -2.37. The van der Waals surface area contributed by atoms with Gasteiger partial charge in [0.25, 0.3) is 11.8 Å². The minimum absolute atomic E-state index is 0.0475. The number of anilines is 1. The molecule has 3 heterocycles. The summed E-state index contributed by atoms with van der Waals surface area (Å²) in [6.07, 6.45) is 2.00. The third-order valence-corrected chi connectivity index (χ3v) is 5.63. The maximum Gasteiger partial charge on any atom is 0.328 e. The van der Waals surface area contributed by atoms with Crippen LogP contribution in [0.3, 0.4) is 0 Å². The van der Waals surface area contributed by atoms with E-state index < -0.39 is 11.6 Å². The van der Waals surface area contributed by atoms with Crippen molar-refractivity contribution in [2.24, 2.45) is 0 Å². The number of hydrogen-bond donors (Lipinski definition) is 0. The number of para-hydroxylation sites is 1. The number of amides is 4. The number of fused-ring (bicyclic) bond motifs is 1. The summed E-state index contributed by atoms with van der Waals surface area (Å²) in [5, 5.41) is 0. The van der Waals surface area contributed by atoms with Crippen LogP contribution in [0, 0.1) is 0 Å². The number of nitrogens with zero attached hydrogens (tertiary/aromatic N) is 3. The first-order chi connectivity index (χ1) is 11.4. The highest BCUT2D eigenvalue weighted by molar-refractivity contribution is 6.12. The molecule has 0 radical (unpaired) electrons. The fraction of sp³-hybridized carbons (Fsp3) is 0.500. The summed E-state index contributed by atoms with van der Waals surface area (Å²) < 4.78 is 0. The molecule has 126 valence electrons. The van der Waals surface area contributed by atoms with Crippen LogP contribution in [0.1, 0.15) is 33.1 Å². The van der Waals surface area contributed by atoms with Gasteiger partial charge in [0.05, 0.1) is 0 Å². The molecule has 3 saturated heterocycles. The van der Waals surface area contributed by atoms with Crippen LogP contribution < -0.4 is 4.90 Å². The van der Waals surface area contributed by atoms with Gasteiger partial charge in [0.15, 0.2) is 0 Å². The Kier molecular flexibility index (Phi) is 3.20. The molecule has 0 unspecified atom stereocenters. The normalized spacial score (nSPS) is 32.9. The van der Waals surface area contributed by atoms with Gasteiger partial charge < -0.3 is 9.80 Å². The summed E-state index contributed by atoms with van der Waals surface area (Å²) >= 11 is 0. The first-order valence-corrected chi connectivity index (χ1v) is 8.48. The van der Waals surface area contributed by atoms with E-state index in [-0.39, 0.29) is 23.9 Å². The first-order valence-electron chi connectivity index (χ1n) is 8.48. The Morgan fingerprint density at radius 3 is 2.46 bits per heavy atom. The molecule has 0 aromatic heterocycles. The summed E-state index contributed by atoms with van der Waals surface area (Å²) in [5.74, 6) is -0.384. The fourth-order valence-corrected chi connectivity index (χ4v) is 4.34. The van der Waals surface area contributed by atoms with Crippen molar-refractivity contribution in [1.29, 1.82) is 0 Å². The topological polar surface area (TPSA) is 60.9 Å². The van der Waals surface area contributed by atoms with Gasteiger partial charge in [0.1, 0.15) is 11.6 Å². The van der Waals surface area contributed by atoms with Gasteiger partial charge in [-0.2, -0.15) is 0 Å². The molecule has 6 nitrogen and oxygen atoms in total. The van der Waals surface area contributed by atoms with E-state index in [4.69, 9.17) is 0 Å². The number of carbonyl (C=O) groups excluding carboxylic acids is 3. The van der Waals surface area contributed by atoms with E-state index in [0.29, 0.717) is 19.4 Å². The van der Waals surface area contributed by atoms with Gasteiger partial charge in [-0.15, -0.1) is 0 Å². The standard InChI is InChI=1S/C18H21N3O3/c1-12-11-14(15(22)20(12)13-7-4-3-5-8-13)21-16(23)18(2)9-6-10-19(18)17(21)24/h3-5,7-8,12,14H,6,9-11H2,1-2H3/t12-,14-,18+/m1/s1. The van der Waals surface area contributed by atoms with Crippen LogP contribution in [0.5, 0.6) is 0 Å². The molecule has 0 saturated carbocycles. The summed E-state index contributed by atoms with van der Waals surface area (Å²) in [4.78, 5) is 43.2. The lowest BCUT2D eigenvalue weighted by Crippen LogP contribution is -2.47. The van der Waals surface area contributed by atoms with Crippen molar-refractivity contribution < 1.29 is 14.4 Å². The monoisotopic (exact) mass is 327 g/mol. The first kappa shape index (κ1) is 15.2. The van der Waals surface area contributed by atoms with Crippen molar-refractivity contribution in [1.82, 2.24) is 9.80 Å². The van der Waals surface area contributed by atoms with Gasteiger partial charge in [0.2, 0.25) is 0 Å². The molecule has 3 atom stereocenters. The zero-order chi connectivity index (χ0) is 17.1. The average Bonchev–Trinajstić information content (AvgIpc) is 3.14. The molecular weight excluding hydrogens is 306 g/mol. The number of hydrogen-bond acceptors (Lipinski definition) is 3. The third-order valence-electron chi connectivity index (χ3n) is 5.63. The average molecular weight is 327 g/mol. The van der Waals surface area contributed by atoms with Crippen LogP contribution in [0.25, 0.3) is 0 Å². The molecule has 3 aliphatic rings. The van der Waals surface area contributed by atoms with E-state index in [1.807, 2.05) is 44.2 Å². The molecule has 0 aliphatic carbocycles. The maximum absolute atomic E-state index is 13.0. The smallest absolute Gasteiger partial charge is 0.310 e. The van der Waals surface area contributed by atoms with Gasteiger partial charge >= 0.3 is 6.03 Å². The van der Waals surface area contributed by atoms with Crippen LogP contribution in [-0.4, -0.2) is 51.8 Å². The Morgan fingerprint density at radius 1 is 1.08 bits per heavy atom. The van der Waals surface area contributed by atoms with Crippen molar-refractivity contribution in [3.05, 3.63) is 30.3 Å². The van der Waals surface area contributed by atoms with Crippen LogP contribution in [0.4, 0.5) is 10.5 Å². The number of imide groups is 1. The van der Waals surface area contributed by atoms with Gasteiger partial charge in [-0.3, -0.25) is 9.59 Å². The molecule has 4 amide bonds. The summed E-state index contributed by atoms with van der Waals surface area (Å²) in [6, 6.07) is 8.37. The SMILES string of the molecule is C[C@@H]1C[C@@H](N2C(=O)N3CCC[C@@]3(C)C2=O)C(=O)N1c1ccccc1. The number of rotatable bonds is 2. The van der Waals surface area contributed by atoms with Crippen molar-refractivity contribution in [3.63, 3.8) is 0 Å². The third kappa shape index (κ3) is 1.85. The second-order valence-corrected chi connectivity index (χ2v) is 7.13. The van der Waals surface area contributed by atoms with Crippen LogP contribution in [0.2, 0.25) is 0 Å². The lowest BCUT2D eigenvalue weighted by atomic mass is 9.98. The molecule has 0 bridgehead atoms. The molecule has 24 heavy (non-hydrogen) atoms. The molecular formula is C18H21N3O3. The Morgan fingerprint density at radius 2 is 1.79 bits per heavy atom. The molecule has 1 aromatic rings. The molecule has 3 aliphatic heterocycles. The van der Waals surface area contributed by atoms with Gasteiger partial charge in [-0.1, -0.05) is 18.2 Å². The van der Waals surface area contributed by atoms with E-state index in [1.54, 1.807) is 9.80 Å². The van der Waals surface area contributed by atoms with Gasteiger partial charge in [0, 0.05) is 18.3 Å². The van der Waals surface area contributed by atoms with E-state index in [2.05, 4.69) is 0 Å². The highest BCUT2D eigenvalue weighted by Crippen LogP contribution is 2.40. The predicted molar refractivity (Wildman–Crippen MR) is 88.4 cm³/mol. The Balaban J connectivity index is 1.65. The maximum atomic E-state index is 13.0. The molecule has 3 fully saturated rings. The van der Waals surface area contributed by atoms with Crippen LogP contribution >= 0.6 is 0 Å². The molecule has 1 aromatic carbocycles. The fourth-order valence-electron chi connectivity index (χ4n) is 4.34. The highest BCUT2D eigenvalue weighted by Gasteiger charge is 2.60. The van der Waals surface area contributed by atoms with Gasteiger partial charge in [-0.25, -0.2) is 9.69 Å². The van der Waals surface area contributed by atoms with Crippen LogP contribution in [-0.2, 0) is 9.59 Å². The van der Waals surface area contributed by atoms with E-state index in [0.717, 1.165) is 12.1 Å². The summed E-state index contributed by atoms with van der Waals surface area (Å²) in [7, 11) is 0. The van der Waals surface area contributed by atoms with Crippen molar-refractivity contribution in [3.8, 4) is 0 Å². The zero-order valence-corrected chi connectivity index (χ0v) is 13.9. The minimum atomic E-state index is -0.763. The summed E-state index contributed by atoms with van der Waals surface area (Å²) in [5.41, 5.74) is 0.0455. The minimum Gasteiger partial charge on any atom is -0.310 e. The lowest BCUT2D eigenvalue weighted by molar-refractivity contribution is -0.136. The highest BCUT2D eigenvalue weighted by atomic mass is 16.2. The Bertz CT molecular complexity index is 719. The molecule has 0 N–H and O–H groups in total. The molecule has 4 rings (SSSR count).